The summed E-state index contributed by atoms with van der Waals surface area (Å²) >= 11 is 0. The molecule has 1 N–H and O–H groups in total. The standard InChI is InChI=1S/C14H17NO2/c16-9-2-3-12-5-6-14-13(11-12)4-1-7-15(14)8-10-17/h2-3,5-6,9,11,17H,1,4,7-8,10H2/b3-2+. The van der Waals surface area contributed by atoms with E-state index in [9.17, 15) is 4.79 Å². The second-order valence-electron chi connectivity index (χ2n) is 4.20. The Morgan fingerprint density at radius 2 is 2.29 bits per heavy atom. The molecule has 0 saturated carbocycles. The van der Waals surface area contributed by atoms with Gasteiger partial charge in [0.2, 0.25) is 0 Å². The van der Waals surface area contributed by atoms with Crippen molar-refractivity contribution in [3.05, 3.63) is 35.4 Å². The molecule has 1 aromatic carbocycles. The van der Waals surface area contributed by atoms with Gasteiger partial charge in [0.25, 0.3) is 0 Å². The molecule has 1 aromatic rings. The van der Waals surface area contributed by atoms with Gasteiger partial charge >= 0.3 is 0 Å². The van der Waals surface area contributed by atoms with E-state index in [0.29, 0.717) is 6.54 Å². The van der Waals surface area contributed by atoms with E-state index >= 15 is 0 Å². The fourth-order valence-corrected chi connectivity index (χ4v) is 2.30. The number of fused-ring (bicyclic) bond motifs is 1. The van der Waals surface area contributed by atoms with Crippen LogP contribution in [0.2, 0.25) is 0 Å². The lowest BCUT2D eigenvalue weighted by molar-refractivity contribution is -0.104. The minimum Gasteiger partial charge on any atom is -0.395 e. The Kier molecular flexibility index (Phi) is 3.94. The minimum atomic E-state index is 0.187. The number of aldehydes is 1. The third-order valence-electron chi connectivity index (χ3n) is 3.06. The number of aliphatic hydroxyl groups is 1. The average Bonchev–Trinajstić information content (AvgIpc) is 2.37. The molecule has 0 bridgehead atoms. The van der Waals surface area contributed by atoms with E-state index in [0.717, 1.165) is 31.2 Å². The Balaban J connectivity index is 2.26. The first-order chi connectivity index (χ1) is 8.35. The van der Waals surface area contributed by atoms with Crippen LogP contribution in [-0.4, -0.2) is 31.1 Å². The summed E-state index contributed by atoms with van der Waals surface area (Å²) in [7, 11) is 0. The summed E-state index contributed by atoms with van der Waals surface area (Å²) in [5.41, 5.74) is 3.58. The number of hydrogen-bond acceptors (Lipinski definition) is 3. The monoisotopic (exact) mass is 231 g/mol. The zero-order valence-electron chi connectivity index (χ0n) is 9.80. The fourth-order valence-electron chi connectivity index (χ4n) is 2.30. The number of carbonyl (C=O) groups excluding carboxylic acids is 1. The summed E-state index contributed by atoms with van der Waals surface area (Å²) in [6.07, 6.45) is 6.31. The van der Waals surface area contributed by atoms with Crippen LogP contribution in [0.25, 0.3) is 6.08 Å². The lowest BCUT2D eigenvalue weighted by atomic mass is 9.99. The molecule has 0 atom stereocenters. The number of β-amino-alcohol motifs (C(OH)–C–C–N with tert-alkyl or cyclic N) is 1. The molecule has 0 unspecified atom stereocenters. The molecule has 0 aromatic heterocycles. The van der Waals surface area contributed by atoms with E-state index in [2.05, 4.69) is 17.0 Å². The van der Waals surface area contributed by atoms with Crippen molar-refractivity contribution in [1.82, 2.24) is 0 Å². The van der Waals surface area contributed by atoms with Gasteiger partial charge in [-0.05, 0) is 42.2 Å². The van der Waals surface area contributed by atoms with Crippen LogP contribution >= 0.6 is 0 Å². The van der Waals surface area contributed by atoms with Crippen LogP contribution in [0.1, 0.15) is 17.5 Å². The minimum absolute atomic E-state index is 0.187. The lowest BCUT2D eigenvalue weighted by Gasteiger charge is -2.31. The molecule has 17 heavy (non-hydrogen) atoms. The van der Waals surface area contributed by atoms with Crippen LogP contribution in [0.3, 0.4) is 0 Å². The summed E-state index contributed by atoms with van der Waals surface area (Å²) in [6, 6.07) is 6.21. The van der Waals surface area contributed by atoms with Gasteiger partial charge in [0, 0.05) is 18.8 Å². The molecule has 1 heterocycles. The second-order valence-corrected chi connectivity index (χ2v) is 4.20. The highest BCUT2D eigenvalue weighted by Crippen LogP contribution is 2.28. The van der Waals surface area contributed by atoms with E-state index in [1.54, 1.807) is 0 Å². The number of benzene rings is 1. The highest BCUT2D eigenvalue weighted by molar-refractivity contribution is 5.74. The van der Waals surface area contributed by atoms with Gasteiger partial charge in [-0.2, -0.15) is 0 Å². The molecule has 1 aliphatic rings. The zero-order chi connectivity index (χ0) is 12.1. The number of nitrogens with zero attached hydrogens (tertiary/aromatic N) is 1. The molecule has 0 spiro atoms. The molecule has 3 heteroatoms. The summed E-state index contributed by atoms with van der Waals surface area (Å²) in [5.74, 6) is 0. The number of carbonyl (C=O) groups is 1. The number of aryl methyl sites for hydroxylation is 1. The van der Waals surface area contributed by atoms with Gasteiger partial charge in [-0.25, -0.2) is 0 Å². The van der Waals surface area contributed by atoms with Gasteiger partial charge in [-0.1, -0.05) is 12.1 Å². The molecular formula is C14H17NO2. The molecule has 0 aliphatic carbocycles. The van der Waals surface area contributed by atoms with Gasteiger partial charge in [0.1, 0.15) is 6.29 Å². The SMILES string of the molecule is O=C/C=C/c1ccc2c(c1)CCCN2CCO. The van der Waals surface area contributed by atoms with Crippen molar-refractivity contribution in [3.8, 4) is 0 Å². The lowest BCUT2D eigenvalue weighted by Crippen LogP contribution is -2.31. The first kappa shape index (κ1) is 11.9. The molecule has 1 aliphatic heterocycles. The third kappa shape index (κ3) is 2.74. The fraction of sp³-hybridized carbons (Fsp3) is 0.357. The largest absolute Gasteiger partial charge is 0.395 e. The Morgan fingerprint density at radius 3 is 3.06 bits per heavy atom. The number of allylic oxidation sites excluding steroid dienone is 1. The summed E-state index contributed by atoms with van der Waals surface area (Å²) in [5, 5.41) is 9.02. The maximum Gasteiger partial charge on any atom is 0.142 e. The summed E-state index contributed by atoms with van der Waals surface area (Å²) in [6.45, 7) is 1.89. The summed E-state index contributed by atoms with van der Waals surface area (Å²) in [4.78, 5) is 12.5. The smallest absolute Gasteiger partial charge is 0.142 e. The molecule has 90 valence electrons. The maximum absolute atomic E-state index is 10.3. The van der Waals surface area contributed by atoms with Crippen LogP contribution < -0.4 is 4.90 Å². The normalized spacial score (nSPS) is 15.0. The number of rotatable bonds is 4. The maximum atomic E-state index is 10.3. The molecular weight excluding hydrogens is 214 g/mol. The van der Waals surface area contributed by atoms with Crippen molar-refractivity contribution >= 4 is 18.0 Å². The number of hydrogen-bond donors (Lipinski definition) is 1. The number of aliphatic hydroxyl groups excluding tert-OH is 1. The van der Waals surface area contributed by atoms with Crippen LogP contribution in [0.5, 0.6) is 0 Å². The predicted molar refractivity (Wildman–Crippen MR) is 69.2 cm³/mol. The second kappa shape index (κ2) is 5.64. The Bertz CT molecular complexity index is 426. The zero-order valence-corrected chi connectivity index (χ0v) is 9.80. The van der Waals surface area contributed by atoms with Crippen molar-refractivity contribution < 1.29 is 9.90 Å². The van der Waals surface area contributed by atoms with Crippen LogP contribution in [0.4, 0.5) is 5.69 Å². The van der Waals surface area contributed by atoms with Gasteiger partial charge in [-0.3, -0.25) is 4.79 Å². The molecule has 0 amide bonds. The van der Waals surface area contributed by atoms with Crippen LogP contribution in [0, 0.1) is 0 Å². The van der Waals surface area contributed by atoms with Gasteiger partial charge in [0.15, 0.2) is 0 Å². The highest BCUT2D eigenvalue weighted by atomic mass is 16.3. The molecule has 3 nitrogen and oxygen atoms in total. The Morgan fingerprint density at radius 1 is 1.41 bits per heavy atom. The van der Waals surface area contributed by atoms with E-state index in [1.165, 1.54) is 17.3 Å². The van der Waals surface area contributed by atoms with Gasteiger partial charge in [-0.15, -0.1) is 0 Å². The van der Waals surface area contributed by atoms with Crippen molar-refractivity contribution in [1.29, 1.82) is 0 Å². The first-order valence-electron chi connectivity index (χ1n) is 5.95. The van der Waals surface area contributed by atoms with Crippen molar-refractivity contribution in [2.75, 3.05) is 24.6 Å². The van der Waals surface area contributed by atoms with Crippen molar-refractivity contribution in [2.24, 2.45) is 0 Å². The topological polar surface area (TPSA) is 40.5 Å². The van der Waals surface area contributed by atoms with E-state index < -0.39 is 0 Å². The average molecular weight is 231 g/mol. The van der Waals surface area contributed by atoms with E-state index in [1.807, 2.05) is 12.1 Å². The molecule has 0 radical (unpaired) electrons. The van der Waals surface area contributed by atoms with Crippen LogP contribution in [0.15, 0.2) is 24.3 Å². The van der Waals surface area contributed by atoms with Crippen molar-refractivity contribution in [3.63, 3.8) is 0 Å². The first-order valence-corrected chi connectivity index (χ1v) is 5.95. The Labute approximate surface area is 101 Å². The third-order valence-corrected chi connectivity index (χ3v) is 3.06. The van der Waals surface area contributed by atoms with Crippen molar-refractivity contribution in [2.45, 2.75) is 12.8 Å². The molecule has 0 saturated heterocycles. The predicted octanol–water partition coefficient (Wildman–Crippen LogP) is 1.64. The quantitative estimate of drug-likeness (QED) is 0.632. The van der Waals surface area contributed by atoms with E-state index in [4.69, 9.17) is 5.11 Å². The Hall–Kier alpha value is -1.61. The number of anilines is 1. The van der Waals surface area contributed by atoms with Crippen LogP contribution in [-0.2, 0) is 11.2 Å². The van der Waals surface area contributed by atoms with Gasteiger partial charge < -0.3 is 10.0 Å². The van der Waals surface area contributed by atoms with E-state index in [-0.39, 0.29) is 6.61 Å². The summed E-state index contributed by atoms with van der Waals surface area (Å²) < 4.78 is 0. The molecule has 2 rings (SSSR count). The highest BCUT2D eigenvalue weighted by Gasteiger charge is 2.15. The molecule has 0 fully saturated rings. The van der Waals surface area contributed by atoms with Gasteiger partial charge in [0.05, 0.1) is 6.61 Å².